The van der Waals surface area contributed by atoms with Crippen LogP contribution in [0.1, 0.15) is 23.4 Å². The minimum Gasteiger partial charge on any atom is -0.497 e. The Hall–Kier alpha value is -2.53. The summed E-state index contributed by atoms with van der Waals surface area (Å²) >= 11 is 0. The largest absolute Gasteiger partial charge is 0.497 e. The summed E-state index contributed by atoms with van der Waals surface area (Å²) in [5, 5.41) is 6.95. The third-order valence-electron chi connectivity index (χ3n) is 5.84. The summed E-state index contributed by atoms with van der Waals surface area (Å²) in [6, 6.07) is 12.5. The molecule has 0 aliphatic carbocycles. The maximum absolute atomic E-state index is 5.40. The van der Waals surface area contributed by atoms with E-state index in [1.807, 2.05) is 18.2 Å². The zero-order valence-electron chi connectivity index (χ0n) is 19.7. The molecule has 33 heavy (non-hydrogen) atoms. The lowest BCUT2D eigenvalue weighted by atomic mass is 10.2. The van der Waals surface area contributed by atoms with Gasteiger partial charge in [-0.25, -0.2) is 4.98 Å². The van der Waals surface area contributed by atoms with Crippen molar-refractivity contribution < 1.29 is 9.47 Å². The number of likely N-dealkylation sites (tertiary alicyclic amines) is 1. The molecule has 0 saturated carbocycles. The zero-order valence-corrected chi connectivity index (χ0v) is 22.0. The summed E-state index contributed by atoms with van der Waals surface area (Å²) in [4.78, 5) is 11.5. The van der Waals surface area contributed by atoms with Crippen molar-refractivity contribution in [1.82, 2.24) is 24.9 Å². The van der Waals surface area contributed by atoms with Gasteiger partial charge in [-0.2, -0.15) is 0 Å². The molecule has 3 heterocycles. The van der Waals surface area contributed by atoms with Gasteiger partial charge in [0, 0.05) is 50.7 Å². The van der Waals surface area contributed by atoms with Crippen LogP contribution in [-0.2, 0) is 13.1 Å². The van der Waals surface area contributed by atoms with Gasteiger partial charge in [0.25, 0.3) is 0 Å². The van der Waals surface area contributed by atoms with Crippen LogP contribution in [0.5, 0.6) is 11.5 Å². The summed E-state index contributed by atoms with van der Waals surface area (Å²) in [5.74, 6) is 2.44. The Balaban J connectivity index is 0.00000306. The lowest BCUT2D eigenvalue weighted by Gasteiger charge is -2.19. The van der Waals surface area contributed by atoms with Crippen LogP contribution in [-0.4, -0.2) is 60.6 Å². The predicted molar refractivity (Wildman–Crippen MR) is 142 cm³/mol. The molecule has 1 aromatic carbocycles. The van der Waals surface area contributed by atoms with Crippen molar-refractivity contribution >= 4 is 35.6 Å². The molecule has 0 radical (unpaired) electrons. The first-order chi connectivity index (χ1) is 15.6. The van der Waals surface area contributed by atoms with E-state index in [1.54, 1.807) is 21.3 Å². The number of pyridine rings is 1. The van der Waals surface area contributed by atoms with Gasteiger partial charge < -0.3 is 24.5 Å². The van der Waals surface area contributed by atoms with E-state index >= 15 is 0 Å². The van der Waals surface area contributed by atoms with E-state index in [0.29, 0.717) is 12.6 Å². The first-order valence-corrected chi connectivity index (χ1v) is 10.9. The smallest absolute Gasteiger partial charge is 0.191 e. The third-order valence-corrected chi connectivity index (χ3v) is 5.84. The van der Waals surface area contributed by atoms with Crippen molar-refractivity contribution in [2.24, 2.45) is 4.99 Å². The summed E-state index contributed by atoms with van der Waals surface area (Å²) in [5.41, 5.74) is 4.31. The molecule has 2 N–H and O–H groups in total. The number of hydrogen-bond acceptors (Lipinski definition) is 5. The average molecular weight is 564 g/mol. The number of nitrogens with zero attached hydrogens (tertiary/aromatic N) is 4. The van der Waals surface area contributed by atoms with Crippen molar-refractivity contribution in [3.63, 3.8) is 0 Å². The number of nitrogens with one attached hydrogen (secondary N) is 2. The zero-order chi connectivity index (χ0) is 22.5. The molecule has 0 amide bonds. The number of methoxy groups -OCH3 is 2. The molecule has 1 unspecified atom stereocenters. The summed E-state index contributed by atoms with van der Waals surface area (Å²) < 4.78 is 12.9. The molecular weight excluding hydrogens is 531 g/mol. The molecule has 8 nitrogen and oxygen atoms in total. The van der Waals surface area contributed by atoms with Gasteiger partial charge in [0.15, 0.2) is 5.96 Å². The molecule has 0 bridgehead atoms. The number of benzene rings is 1. The van der Waals surface area contributed by atoms with Crippen LogP contribution >= 0.6 is 24.0 Å². The van der Waals surface area contributed by atoms with E-state index < -0.39 is 0 Å². The van der Waals surface area contributed by atoms with Gasteiger partial charge in [-0.3, -0.25) is 9.89 Å². The van der Waals surface area contributed by atoms with E-state index in [2.05, 4.69) is 61.2 Å². The fraction of sp³-hybridized carbons (Fsp3) is 0.417. The van der Waals surface area contributed by atoms with E-state index in [0.717, 1.165) is 54.9 Å². The third kappa shape index (κ3) is 6.29. The van der Waals surface area contributed by atoms with Gasteiger partial charge >= 0.3 is 0 Å². The van der Waals surface area contributed by atoms with Gasteiger partial charge in [0.1, 0.15) is 17.1 Å². The van der Waals surface area contributed by atoms with Gasteiger partial charge in [-0.05, 0) is 43.2 Å². The van der Waals surface area contributed by atoms with E-state index in [9.17, 15) is 0 Å². The number of aryl methyl sites for hydroxylation is 1. The van der Waals surface area contributed by atoms with E-state index in [4.69, 9.17) is 9.47 Å². The fourth-order valence-electron chi connectivity index (χ4n) is 4.16. The van der Waals surface area contributed by atoms with Crippen molar-refractivity contribution in [1.29, 1.82) is 0 Å². The Bertz CT molecular complexity index is 1080. The Kier molecular flexibility index (Phi) is 8.79. The normalized spacial score (nSPS) is 16.5. The number of rotatable bonds is 7. The van der Waals surface area contributed by atoms with Crippen molar-refractivity contribution in [3.05, 3.63) is 59.5 Å². The molecular formula is C24H33IN6O2. The molecule has 4 rings (SSSR count). The topological polar surface area (TPSA) is 75.4 Å². The Morgan fingerprint density at radius 1 is 1.18 bits per heavy atom. The van der Waals surface area contributed by atoms with E-state index in [-0.39, 0.29) is 24.0 Å². The van der Waals surface area contributed by atoms with Crippen molar-refractivity contribution in [2.45, 2.75) is 32.5 Å². The van der Waals surface area contributed by atoms with Crippen LogP contribution in [0.25, 0.3) is 5.65 Å². The van der Waals surface area contributed by atoms with Crippen molar-refractivity contribution in [2.75, 3.05) is 34.4 Å². The van der Waals surface area contributed by atoms with Gasteiger partial charge in [0.2, 0.25) is 0 Å². The number of hydrogen-bond donors (Lipinski definition) is 2. The lowest BCUT2D eigenvalue weighted by Crippen LogP contribution is -2.44. The number of aliphatic imine (C=N–C) groups is 1. The predicted octanol–water partition coefficient (Wildman–Crippen LogP) is 3.22. The molecule has 0 spiro atoms. The highest BCUT2D eigenvalue weighted by Crippen LogP contribution is 2.24. The summed E-state index contributed by atoms with van der Waals surface area (Å²) in [7, 11) is 5.17. The Labute approximate surface area is 212 Å². The second kappa shape index (κ2) is 11.6. The van der Waals surface area contributed by atoms with Crippen LogP contribution in [0.4, 0.5) is 0 Å². The maximum Gasteiger partial charge on any atom is 0.191 e. The molecule has 1 aliphatic rings. The standard InChI is InChI=1S/C24H32N6O2.HI/c1-17-6-5-7-23-27-20(16-30(17)23)13-26-24(25-2)28-19-8-9-29(15-19)14-18-10-21(31-3)12-22(11-18)32-4;/h5-7,10-12,16,19H,8-9,13-15H2,1-4H3,(H2,25,26,28);1H. The number of ether oxygens (including phenoxy) is 2. The summed E-state index contributed by atoms with van der Waals surface area (Å²) in [6.45, 7) is 5.55. The molecule has 1 fully saturated rings. The number of fused-ring (bicyclic) bond motifs is 1. The maximum atomic E-state index is 5.40. The molecule has 1 aliphatic heterocycles. The average Bonchev–Trinajstić information content (AvgIpc) is 3.43. The monoisotopic (exact) mass is 564 g/mol. The van der Waals surface area contributed by atoms with Gasteiger partial charge in [-0.15, -0.1) is 24.0 Å². The number of guanidine groups is 1. The highest BCUT2D eigenvalue weighted by Gasteiger charge is 2.23. The van der Waals surface area contributed by atoms with Crippen LogP contribution in [0.15, 0.2) is 47.6 Å². The first kappa shape index (κ1) is 25.1. The Morgan fingerprint density at radius 3 is 2.61 bits per heavy atom. The highest BCUT2D eigenvalue weighted by atomic mass is 127. The first-order valence-electron chi connectivity index (χ1n) is 10.9. The van der Waals surface area contributed by atoms with Crippen LogP contribution < -0.4 is 20.1 Å². The minimum absolute atomic E-state index is 0. The molecule has 1 saturated heterocycles. The lowest BCUT2D eigenvalue weighted by molar-refractivity contribution is 0.321. The molecule has 1 atom stereocenters. The van der Waals surface area contributed by atoms with E-state index in [1.165, 1.54) is 11.3 Å². The van der Waals surface area contributed by atoms with Crippen LogP contribution in [0, 0.1) is 6.92 Å². The fourth-order valence-corrected chi connectivity index (χ4v) is 4.16. The SMILES string of the molecule is CN=C(NCc1cn2c(C)cccc2n1)NC1CCN(Cc2cc(OC)cc(OC)c2)C1.I. The Morgan fingerprint density at radius 2 is 1.94 bits per heavy atom. The molecule has 2 aromatic heterocycles. The second-order valence-corrected chi connectivity index (χ2v) is 8.14. The number of halogens is 1. The van der Waals surface area contributed by atoms with Gasteiger partial charge in [0.05, 0.1) is 26.5 Å². The molecule has 3 aromatic rings. The second-order valence-electron chi connectivity index (χ2n) is 8.14. The minimum atomic E-state index is 0. The number of imidazole rings is 1. The highest BCUT2D eigenvalue weighted by molar-refractivity contribution is 14.0. The van der Waals surface area contributed by atoms with Crippen LogP contribution in [0.3, 0.4) is 0 Å². The van der Waals surface area contributed by atoms with Crippen molar-refractivity contribution in [3.8, 4) is 11.5 Å². The number of aromatic nitrogens is 2. The summed E-state index contributed by atoms with van der Waals surface area (Å²) in [6.07, 6.45) is 3.14. The molecule has 9 heteroatoms. The quantitative estimate of drug-likeness (QED) is 0.261. The van der Waals surface area contributed by atoms with Crippen LogP contribution in [0.2, 0.25) is 0 Å². The van der Waals surface area contributed by atoms with Gasteiger partial charge in [-0.1, -0.05) is 6.07 Å². The molecule has 178 valence electrons.